The van der Waals surface area contributed by atoms with Gasteiger partial charge in [-0.3, -0.25) is 9.78 Å². The van der Waals surface area contributed by atoms with Crippen molar-refractivity contribution in [1.29, 1.82) is 0 Å². The van der Waals surface area contributed by atoms with Gasteiger partial charge in [-0.2, -0.15) is 0 Å². The van der Waals surface area contributed by atoms with Gasteiger partial charge >= 0.3 is 0 Å². The number of allylic oxidation sites excluding steroid dienone is 1. The molecular formula is C20H26N2O3. The van der Waals surface area contributed by atoms with Gasteiger partial charge in [-0.15, -0.1) is 0 Å². The number of pyridine rings is 1. The van der Waals surface area contributed by atoms with Crippen molar-refractivity contribution in [2.45, 2.75) is 63.9 Å². The van der Waals surface area contributed by atoms with Gasteiger partial charge in [0, 0.05) is 17.9 Å². The summed E-state index contributed by atoms with van der Waals surface area (Å²) >= 11 is 0. The standard InChI is InChI=1S/C20H26N2O3/c1-14-6-4-9-16(21-14)13-25-18-12-22(17-10-5-11-24-19(17)18)20(23)15-7-2-3-8-15/h4,6-7,9,17-19H,2-3,5,8,10-13H2,1H3/t17-,18+,19+/m0/s1. The van der Waals surface area contributed by atoms with Crippen molar-refractivity contribution in [2.75, 3.05) is 13.2 Å². The Kier molecular flexibility index (Phi) is 4.86. The van der Waals surface area contributed by atoms with E-state index < -0.39 is 0 Å². The highest BCUT2D eigenvalue weighted by molar-refractivity contribution is 5.94. The molecule has 2 fully saturated rings. The highest BCUT2D eigenvalue weighted by atomic mass is 16.5. The van der Waals surface area contributed by atoms with Crippen LogP contribution < -0.4 is 0 Å². The molecule has 0 aromatic carbocycles. The molecule has 134 valence electrons. The Morgan fingerprint density at radius 2 is 2.32 bits per heavy atom. The third-order valence-electron chi connectivity index (χ3n) is 5.44. The van der Waals surface area contributed by atoms with Gasteiger partial charge in [0.15, 0.2) is 0 Å². The number of ether oxygens (including phenoxy) is 2. The molecule has 0 spiro atoms. The lowest BCUT2D eigenvalue weighted by molar-refractivity contribution is -0.130. The van der Waals surface area contributed by atoms with Crippen LogP contribution in [0.5, 0.6) is 0 Å². The summed E-state index contributed by atoms with van der Waals surface area (Å²) in [7, 11) is 0. The van der Waals surface area contributed by atoms with Crippen LogP contribution in [-0.4, -0.2) is 47.2 Å². The van der Waals surface area contributed by atoms with Crippen LogP contribution in [0.3, 0.4) is 0 Å². The van der Waals surface area contributed by atoms with E-state index in [0.29, 0.717) is 13.2 Å². The number of amides is 1. The molecular weight excluding hydrogens is 316 g/mol. The quantitative estimate of drug-likeness (QED) is 0.844. The Morgan fingerprint density at radius 3 is 3.12 bits per heavy atom. The first-order valence-electron chi connectivity index (χ1n) is 9.38. The van der Waals surface area contributed by atoms with Gasteiger partial charge in [0.25, 0.3) is 0 Å². The number of carbonyl (C=O) groups is 1. The number of rotatable bonds is 4. The molecule has 1 aromatic heterocycles. The number of hydrogen-bond donors (Lipinski definition) is 0. The molecule has 3 aliphatic rings. The molecule has 5 heteroatoms. The minimum Gasteiger partial charge on any atom is -0.373 e. The maximum absolute atomic E-state index is 12.9. The van der Waals surface area contributed by atoms with E-state index in [1.807, 2.05) is 30.0 Å². The molecule has 0 N–H and O–H groups in total. The van der Waals surface area contributed by atoms with E-state index in [2.05, 4.69) is 11.1 Å². The minimum atomic E-state index is -0.0708. The zero-order valence-corrected chi connectivity index (χ0v) is 14.8. The fourth-order valence-corrected chi connectivity index (χ4v) is 4.21. The fraction of sp³-hybridized carbons (Fsp3) is 0.600. The summed E-state index contributed by atoms with van der Waals surface area (Å²) in [4.78, 5) is 19.4. The number of aryl methyl sites for hydroxylation is 1. The van der Waals surface area contributed by atoms with E-state index in [4.69, 9.17) is 9.47 Å². The molecule has 25 heavy (non-hydrogen) atoms. The number of hydrogen-bond acceptors (Lipinski definition) is 4. The Labute approximate surface area is 149 Å². The van der Waals surface area contributed by atoms with E-state index in [0.717, 1.165) is 55.7 Å². The van der Waals surface area contributed by atoms with Crippen LogP contribution in [0.4, 0.5) is 0 Å². The average molecular weight is 342 g/mol. The third-order valence-corrected chi connectivity index (χ3v) is 5.44. The van der Waals surface area contributed by atoms with E-state index in [1.165, 1.54) is 0 Å². The summed E-state index contributed by atoms with van der Waals surface area (Å²) in [6.07, 6.45) is 7.07. The third kappa shape index (κ3) is 3.48. The highest BCUT2D eigenvalue weighted by Gasteiger charge is 2.47. The average Bonchev–Trinajstić information content (AvgIpc) is 3.28. The second-order valence-electron chi connectivity index (χ2n) is 7.24. The van der Waals surface area contributed by atoms with Crippen molar-refractivity contribution >= 4 is 5.91 Å². The summed E-state index contributed by atoms with van der Waals surface area (Å²) in [5.41, 5.74) is 2.89. The summed E-state index contributed by atoms with van der Waals surface area (Å²) in [5.74, 6) is 0.192. The lowest BCUT2D eigenvalue weighted by Crippen LogP contribution is -2.44. The first-order chi connectivity index (χ1) is 12.2. The number of fused-ring (bicyclic) bond motifs is 1. The van der Waals surface area contributed by atoms with Crippen LogP contribution in [0.2, 0.25) is 0 Å². The molecule has 0 unspecified atom stereocenters. The van der Waals surface area contributed by atoms with Crippen LogP contribution in [0, 0.1) is 6.92 Å². The molecule has 3 heterocycles. The fourth-order valence-electron chi connectivity index (χ4n) is 4.21. The predicted octanol–water partition coefficient (Wildman–Crippen LogP) is 2.78. The highest BCUT2D eigenvalue weighted by Crippen LogP contribution is 2.33. The molecule has 2 saturated heterocycles. The lowest BCUT2D eigenvalue weighted by atomic mass is 10.0. The van der Waals surface area contributed by atoms with Crippen molar-refractivity contribution in [1.82, 2.24) is 9.88 Å². The predicted molar refractivity (Wildman–Crippen MR) is 94.0 cm³/mol. The maximum Gasteiger partial charge on any atom is 0.249 e. The van der Waals surface area contributed by atoms with Crippen LogP contribution in [0.1, 0.15) is 43.5 Å². The second kappa shape index (κ2) is 7.26. The molecule has 1 aromatic rings. The number of carbonyl (C=O) groups excluding carboxylic acids is 1. The number of likely N-dealkylation sites (tertiary alicyclic amines) is 1. The molecule has 1 amide bonds. The number of aromatic nitrogens is 1. The van der Waals surface area contributed by atoms with E-state index in [9.17, 15) is 4.79 Å². The first kappa shape index (κ1) is 16.7. The van der Waals surface area contributed by atoms with Crippen molar-refractivity contribution < 1.29 is 14.3 Å². The zero-order valence-electron chi connectivity index (χ0n) is 14.8. The van der Waals surface area contributed by atoms with Gasteiger partial charge in [0.1, 0.15) is 12.2 Å². The Morgan fingerprint density at radius 1 is 1.40 bits per heavy atom. The molecule has 4 rings (SSSR count). The number of nitrogens with zero attached hydrogens (tertiary/aromatic N) is 2. The molecule has 0 radical (unpaired) electrons. The zero-order chi connectivity index (χ0) is 17.2. The van der Waals surface area contributed by atoms with E-state index >= 15 is 0 Å². The van der Waals surface area contributed by atoms with Gasteiger partial charge < -0.3 is 14.4 Å². The van der Waals surface area contributed by atoms with Crippen molar-refractivity contribution in [3.05, 3.63) is 41.2 Å². The van der Waals surface area contributed by atoms with Crippen LogP contribution >= 0.6 is 0 Å². The summed E-state index contributed by atoms with van der Waals surface area (Å²) in [5, 5.41) is 0. The maximum atomic E-state index is 12.9. The molecule has 3 atom stereocenters. The monoisotopic (exact) mass is 342 g/mol. The minimum absolute atomic E-state index is 0.00971. The Hall–Kier alpha value is -1.72. The normalized spacial score (nSPS) is 28.8. The Bertz CT molecular complexity index is 673. The molecule has 0 saturated carbocycles. The molecule has 0 bridgehead atoms. The van der Waals surface area contributed by atoms with Crippen LogP contribution in [-0.2, 0) is 20.9 Å². The topological polar surface area (TPSA) is 51.7 Å². The lowest BCUT2D eigenvalue weighted by Gasteiger charge is -2.32. The first-order valence-corrected chi connectivity index (χ1v) is 9.38. The smallest absolute Gasteiger partial charge is 0.249 e. The van der Waals surface area contributed by atoms with Crippen LogP contribution in [0.15, 0.2) is 29.8 Å². The van der Waals surface area contributed by atoms with E-state index in [1.54, 1.807) is 0 Å². The van der Waals surface area contributed by atoms with Gasteiger partial charge in [0.2, 0.25) is 5.91 Å². The SMILES string of the molecule is Cc1cccc(CO[C@@H]2CN(C(=O)C3=CCCC3)[C@H]3CCCO[C@@H]23)n1. The van der Waals surface area contributed by atoms with Gasteiger partial charge in [0.05, 0.1) is 24.9 Å². The van der Waals surface area contributed by atoms with Gasteiger partial charge in [-0.05, 0) is 51.2 Å². The van der Waals surface area contributed by atoms with Crippen molar-refractivity contribution in [2.24, 2.45) is 0 Å². The van der Waals surface area contributed by atoms with E-state index in [-0.39, 0.29) is 24.2 Å². The largest absolute Gasteiger partial charge is 0.373 e. The Balaban J connectivity index is 1.45. The molecule has 1 aliphatic carbocycles. The summed E-state index contributed by atoms with van der Waals surface area (Å²) < 4.78 is 12.2. The second-order valence-corrected chi connectivity index (χ2v) is 7.24. The van der Waals surface area contributed by atoms with Gasteiger partial charge in [-0.1, -0.05) is 12.1 Å². The van der Waals surface area contributed by atoms with Gasteiger partial charge in [-0.25, -0.2) is 0 Å². The summed E-state index contributed by atoms with van der Waals surface area (Å²) in [6, 6.07) is 6.11. The van der Waals surface area contributed by atoms with Crippen LogP contribution in [0.25, 0.3) is 0 Å². The van der Waals surface area contributed by atoms with Crippen molar-refractivity contribution in [3.63, 3.8) is 0 Å². The van der Waals surface area contributed by atoms with Crippen molar-refractivity contribution in [3.8, 4) is 0 Å². The molecule has 2 aliphatic heterocycles. The molecule has 5 nitrogen and oxygen atoms in total. The summed E-state index contributed by atoms with van der Waals surface area (Å²) in [6.45, 7) is 3.82.